The number of nitrogens with two attached hydrogens (primary N) is 1. The van der Waals surface area contributed by atoms with Crippen LogP contribution >= 0.6 is 0 Å². The van der Waals surface area contributed by atoms with Gasteiger partial charge in [-0.25, -0.2) is 4.79 Å². The highest BCUT2D eigenvalue weighted by Gasteiger charge is 2.29. The average molecular weight is 339 g/mol. The summed E-state index contributed by atoms with van der Waals surface area (Å²) in [6.07, 6.45) is 2.47. The van der Waals surface area contributed by atoms with Crippen molar-refractivity contribution in [3.63, 3.8) is 0 Å². The summed E-state index contributed by atoms with van der Waals surface area (Å²) < 4.78 is 0. The van der Waals surface area contributed by atoms with Crippen LogP contribution in [0.2, 0.25) is 0 Å². The number of piperidine rings is 1. The number of nitrogens with zero attached hydrogens (tertiary/aromatic N) is 2. The van der Waals surface area contributed by atoms with Crippen molar-refractivity contribution in [1.82, 2.24) is 9.80 Å². The number of likely N-dealkylation sites (tertiary alicyclic amines) is 1. The lowest BCUT2D eigenvalue weighted by molar-refractivity contribution is -0.135. The number of fused-ring (bicyclic) bond motifs is 1. The number of hydrogen-bond acceptors (Lipinski definition) is 2. The van der Waals surface area contributed by atoms with Crippen LogP contribution in [-0.4, -0.2) is 48.4 Å². The molecule has 132 valence electrons. The Hall–Kier alpha value is -2.56. The molecule has 2 N–H and O–H groups in total. The smallest absolute Gasteiger partial charge is 0.314 e. The molecule has 1 aliphatic heterocycles. The molecule has 0 radical (unpaired) electrons. The number of primary amides is 1. The molecule has 25 heavy (non-hydrogen) atoms. The zero-order valence-electron chi connectivity index (χ0n) is 14.6. The van der Waals surface area contributed by atoms with Gasteiger partial charge in [0.1, 0.15) is 0 Å². The number of rotatable bonds is 4. The predicted molar refractivity (Wildman–Crippen MR) is 99.2 cm³/mol. The van der Waals surface area contributed by atoms with Gasteiger partial charge in [-0.3, -0.25) is 4.79 Å². The van der Waals surface area contributed by atoms with Crippen molar-refractivity contribution >= 4 is 22.7 Å². The Labute approximate surface area is 148 Å². The van der Waals surface area contributed by atoms with Crippen molar-refractivity contribution < 1.29 is 9.59 Å². The second-order valence-corrected chi connectivity index (χ2v) is 6.77. The first-order valence-corrected chi connectivity index (χ1v) is 8.82. The Balaban J connectivity index is 1.62. The van der Waals surface area contributed by atoms with Gasteiger partial charge in [-0.2, -0.15) is 0 Å². The zero-order chi connectivity index (χ0) is 17.8. The van der Waals surface area contributed by atoms with Crippen molar-refractivity contribution in [2.75, 3.05) is 26.7 Å². The molecule has 0 unspecified atom stereocenters. The molecule has 1 heterocycles. The minimum atomic E-state index is -0.434. The monoisotopic (exact) mass is 339 g/mol. The van der Waals surface area contributed by atoms with Crippen LogP contribution in [0.5, 0.6) is 0 Å². The second-order valence-electron chi connectivity index (χ2n) is 6.77. The first-order valence-electron chi connectivity index (χ1n) is 8.82. The first-order chi connectivity index (χ1) is 12.1. The number of hydrogen-bond donors (Lipinski definition) is 1. The van der Waals surface area contributed by atoms with E-state index in [1.807, 2.05) is 19.2 Å². The van der Waals surface area contributed by atoms with Gasteiger partial charge in [0.25, 0.3) is 0 Å². The highest BCUT2D eigenvalue weighted by molar-refractivity contribution is 5.86. The number of carbonyl (C=O) groups excluding carboxylic acids is 2. The molecule has 2 aromatic rings. The highest BCUT2D eigenvalue weighted by atomic mass is 16.2. The van der Waals surface area contributed by atoms with E-state index < -0.39 is 6.03 Å². The summed E-state index contributed by atoms with van der Waals surface area (Å²) in [7, 11) is 1.84. The van der Waals surface area contributed by atoms with Crippen molar-refractivity contribution in [1.29, 1.82) is 0 Å². The third-order valence-corrected chi connectivity index (χ3v) is 5.06. The summed E-state index contributed by atoms with van der Waals surface area (Å²) in [5, 5.41) is 2.46. The van der Waals surface area contributed by atoms with Crippen molar-refractivity contribution in [2.45, 2.75) is 19.3 Å². The molecule has 1 aliphatic rings. The third kappa shape index (κ3) is 3.92. The topological polar surface area (TPSA) is 66.6 Å². The maximum atomic E-state index is 12.7. The number of benzene rings is 2. The Morgan fingerprint density at radius 3 is 2.76 bits per heavy atom. The molecular formula is C20H25N3O2. The molecule has 2 aromatic carbocycles. The third-order valence-electron chi connectivity index (χ3n) is 5.06. The van der Waals surface area contributed by atoms with Crippen LogP contribution < -0.4 is 5.73 Å². The van der Waals surface area contributed by atoms with E-state index in [0.29, 0.717) is 19.6 Å². The van der Waals surface area contributed by atoms with E-state index in [-0.39, 0.29) is 11.8 Å². The molecule has 5 heteroatoms. The summed E-state index contributed by atoms with van der Waals surface area (Å²) in [5.74, 6) is -0.0371. The molecule has 3 rings (SSSR count). The molecule has 1 atom stereocenters. The summed E-state index contributed by atoms with van der Waals surface area (Å²) >= 11 is 0. The van der Waals surface area contributed by atoms with Crippen LogP contribution in [0.3, 0.4) is 0 Å². The van der Waals surface area contributed by atoms with Crippen LogP contribution in [0, 0.1) is 5.92 Å². The van der Waals surface area contributed by atoms with Gasteiger partial charge in [-0.1, -0.05) is 42.5 Å². The fourth-order valence-corrected chi connectivity index (χ4v) is 3.60. The first kappa shape index (κ1) is 17.3. The summed E-state index contributed by atoms with van der Waals surface area (Å²) in [4.78, 5) is 27.4. The number of likely N-dealkylation sites (N-methyl/N-ethyl adjacent to an activating group) is 1. The van der Waals surface area contributed by atoms with Crippen LogP contribution in [0.1, 0.15) is 18.4 Å². The van der Waals surface area contributed by atoms with Gasteiger partial charge in [0.15, 0.2) is 0 Å². The molecule has 0 aliphatic carbocycles. The fraction of sp³-hybridized carbons (Fsp3) is 0.400. The minimum Gasteiger partial charge on any atom is -0.351 e. The maximum absolute atomic E-state index is 12.7. The molecular weight excluding hydrogens is 314 g/mol. The van der Waals surface area contributed by atoms with E-state index in [1.165, 1.54) is 16.3 Å². The Morgan fingerprint density at radius 2 is 1.96 bits per heavy atom. The SMILES string of the molecule is CN(CCc1cccc2ccccc12)C(=O)[C@@H]1CCCN(C(N)=O)C1. The van der Waals surface area contributed by atoms with Gasteiger partial charge >= 0.3 is 6.03 Å². The average Bonchev–Trinajstić information content (AvgIpc) is 2.65. The molecule has 0 spiro atoms. The molecule has 0 aromatic heterocycles. The number of carbonyl (C=O) groups is 2. The van der Waals surface area contributed by atoms with Crippen LogP contribution in [0.25, 0.3) is 10.8 Å². The van der Waals surface area contributed by atoms with E-state index in [4.69, 9.17) is 5.73 Å². The van der Waals surface area contributed by atoms with Gasteiger partial charge in [0.05, 0.1) is 5.92 Å². The molecule has 0 saturated carbocycles. The quantitative estimate of drug-likeness (QED) is 0.930. The van der Waals surface area contributed by atoms with Crippen LogP contribution in [-0.2, 0) is 11.2 Å². The Morgan fingerprint density at radius 1 is 1.20 bits per heavy atom. The predicted octanol–water partition coefficient (Wildman–Crippen LogP) is 2.63. The molecule has 1 saturated heterocycles. The normalized spacial score (nSPS) is 17.5. The standard InChI is InChI=1S/C20H25N3O2/c1-22(19(24)17-9-5-12-23(14-17)20(21)25)13-11-16-8-4-7-15-6-2-3-10-18(15)16/h2-4,6-8,10,17H,5,9,11-14H2,1H3,(H2,21,25)/t17-/m1/s1. The fourth-order valence-electron chi connectivity index (χ4n) is 3.60. The van der Waals surface area contributed by atoms with Crippen LogP contribution in [0.4, 0.5) is 4.79 Å². The number of urea groups is 1. The van der Waals surface area contributed by atoms with E-state index >= 15 is 0 Å². The largest absolute Gasteiger partial charge is 0.351 e. The maximum Gasteiger partial charge on any atom is 0.314 e. The van der Waals surface area contributed by atoms with E-state index in [9.17, 15) is 9.59 Å². The van der Waals surface area contributed by atoms with E-state index in [0.717, 1.165) is 19.3 Å². The van der Waals surface area contributed by atoms with Gasteiger partial charge in [-0.15, -0.1) is 0 Å². The van der Waals surface area contributed by atoms with Gasteiger partial charge in [0.2, 0.25) is 5.91 Å². The van der Waals surface area contributed by atoms with Gasteiger partial charge in [0, 0.05) is 26.7 Å². The van der Waals surface area contributed by atoms with Crippen molar-refractivity contribution in [3.8, 4) is 0 Å². The lowest BCUT2D eigenvalue weighted by Gasteiger charge is -2.33. The minimum absolute atomic E-state index is 0.103. The van der Waals surface area contributed by atoms with E-state index in [1.54, 1.807) is 9.80 Å². The molecule has 1 fully saturated rings. The molecule has 3 amide bonds. The lowest BCUT2D eigenvalue weighted by atomic mass is 9.96. The number of amides is 3. The molecule has 0 bridgehead atoms. The Bertz CT molecular complexity index is 769. The Kier molecular flexibility index (Phi) is 5.22. The van der Waals surface area contributed by atoms with Crippen molar-refractivity contribution in [3.05, 3.63) is 48.0 Å². The van der Waals surface area contributed by atoms with Gasteiger partial charge in [-0.05, 0) is 35.6 Å². The second kappa shape index (κ2) is 7.55. The van der Waals surface area contributed by atoms with Gasteiger partial charge < -0.3 is 15.5 Å². The van der Waals surface area contributed by atoms with Crippen molar-refractivity contribution in [2.24, 2.45) is 11.7 Å². The van der Waals surface area contributed by atoms with E-state index in [2.05, 4.69) is 30.3 Å². The summed E-state index contributed by atoms with van der Waals surface area (Å²) in [6.45, 7) is 1.76. The zero-order valence-corrected chi connectivity index (χ0v) is 14.6. The highest BCUT2D eigenvalue weighted by Crippen LogP contribution is 2.21. The summed E-state index contributed by atoms with van der Waals surface area (Å²) in [6, 6.07) is 14.2. The summed E-state index contributed by atoms with van der Waals surface area (Å²) in [5.41, 5.74) is 6.61. The lowest BCUT2D eigenvalue weighted by Crippen LogP contribution is -2.47. The molecule has 5 nitrogen and oxygen atoms in total. The van der Waals surface area contributed by atoms with Crippen LogP contribution in [0.15, 0.2) is 42.5 Å².